The lowest BCUT2D eigenvalue weighted by atomic mass is 10.2. The average molecular weight is 309 g/mol. The van der Waals surface area contributed by atoms with Crippen LogP contribution in [0.2, 0.25) is 0 Å². The summed E-state index contributed by atoms with van der Waals surface area (Å²) in [5, 5.41) is 2.90. The summed E-state index contributed by atoms with van der Waals surface area (Å²) < 4.78 is 6.34. The Hall–Kier alpha value is -1.69. The van der Waals surface area contributed by atoms with E-state index in [4.69, 9.17) is 4.74 Å². The first-order valence-electron chi connectivity index (χ1n) is 5.55. The molecular formula is C12H13BrN4O. The van der Waals surface area contributed by atoms with Crippen LogP contribution in [0.4, 0.5) is 5.95 Å². The zero-order valence-electron chi connectivity index (χ0n) is 10.1. The van der Waals surface area contributed by atoms with Gasteiger partial charge in [0.1, 0.15) is 0 Å². The third-order valence-corrected chi connectivity index (χ3v) is 2.74. The number of aromatic nitrogens is 3. The second-order valence-corrected chi connectivity index (χ2v) is 4.37. The van der Waals surface area contributed by atoms with Crippen molar-refractivity contribution in [2.45, 2.75) is 6.92 Å². The van der Waals surface area contributed by atoms with Gasteiger partial charge in [-0.3, -0.25) is 0 Å². The summed E-state index contributed by atoms with van der Waals surface area (Å²) in [4.78, 5) is 12.7. The summed E-state index contributed by atoms with van der Waals surface area (Å²) in [5.74, 6) is 1.08. The Bertz CT molecular complexity index is 530. The van der Waals surface area contributed by atoms with Gasteiger partial charge in [0.15, 0.2) is 5.82 Å². The highest BCUT2D eigenvalue weighted by Crippen LogP contribution is 2.20. The minimum absolute atomic E-state index is 0.328. The topological polar surface area (TPSA) is 59.9 Å². The average Bonchev–Trinajstić information content (AvgIpc) is 2.39. The van der Waals surface area contributed by atoms with Gasteiger partial charge in [-0.15, -0.1) is 0 Å². The molecule has 0 radical (unpaired) electrons. The van der Waals surface area contributed by atoms with Crippen LogP contribution in [0.25, 0.3) is 11.4 Å². The molecule has 2 aromatic rings. The first-order chi connectivity index (χ1) is 8.72. The molecule has 0 aliphatic rings. The second kappa shape index (κ2) is 5.77. The number of benzene rings is 1. The summed E-state index contributed by atoms with van der Waals surface area (Å²) in [6, 6.07) is 8.09. The molecule has 0 unspecified atom stereocenters. The number of hydrogen-bond acceptors (Lipinski definition) is 5. The minimum Gasteiger partial charge on any atom is -0.464 e. The minimum atomic E-state index is 0.328. The van der Waals surface area contributed by atoms with E-state index in [9.17, 15) is 0 Å². The molecule has 0 bridgehead atoms. The van der Waals surface area contributed by atoms with Crippen LogP contribution in [0, 0.1) is 0 Å². The Morgan fingerprint density at radius 2 is 1.89 bits per heavy atom. The van der Waals surface area contributed by atoms with Crippen LogP contribution in [0.15, 0.2) is 28.7 Å². The fourth-order valence-corrected chi connectivity index (χ4v) is 1.65. The maximum absolute atomic E-state index is 5.32. The van der Waals surface area contributed by atoms with Gasteiger partial charge in [0, 0.05) is 17.1 Å². The van der Waals surface area contributed by atoms with E-state index >= 15 is 0 Å². The monoisotopic (exact) mass is 308 g/mol. The zero-order chi connectivity index (χ0) is 13.0. The molecule has 1 N–H and O–H groups in total. The number of anilines is 1. The van der Waals surface area contributed by atoms with Gasteiger partial charge in [0.2, 0.25) is 5.95 Å². The van der Waals surface area contributed by atoms with Crippen LogP contribution in [0.1, 0.15) is 6.92 Å². The van der Waals surface area contributed by atoms with Gasteiger partial charge in [0.05, 0.1) is 6.61 Å². The van der Waals surface area contributed by atoms with E-state index in [-0.39, 0.29) is 0 Å². The SMILES string of the molecule is CCOc1nc(NC)nc(-c2ccc(Br)cc2)n1. The largest absolute Gasteiger partial charge is 0.464 e. The van der Waals surface area contributed by atoms with Crippen LogP contribution in [0.3, 0.4) is 0 Å². The molecule has 1 aromatic heterocycles. The highest BCUT2D eigenvalue weighted by atomic mass is 79.9. The Kier molecular flexibility index (Phi) is 4.09. The summed E-state index contributed by atoms with van der Waals surface area (Å²) in [6.07, 6.45) is 0. The normalized spacial score (nSPS) is 10.2. The van der Waals surface area contributed by atoms with Crippen molar-refractivity contribution in [3.8, 4) is 17.4 Å². The van der Waals surface area contributed by atoms with Crippen molar-refractivity contribution in [1.82, 2.24) is 15.0 Å². The number of nitrogens with one attached hydrogen (secondary N) is 1. The quantitative estimate of drug-likeness (QED) is 0.941. The molecule has 0 saturated heterocycles. The van der Waals surface area contributed by atoms with Crippen molar-refractivity contribution in [3.05, 3.63) is 28.7 Å². The third-order valence-electron chi connectivity index (χ3n) is 2.21. The Labute approximate surface area is 114 Å². The molecule has 18 heavy (non-hydrogen) atoms. The number of halogens is 1. The van der Waals surface area contributed by atoms with Gasteiger partial charge < -0.3 is 10.1 Å². The van der Waals surface area contributed by atoms with Gasteiger partial charge in [0.25, 0.3) is 0 Å². The van der Waals surface area contributed by atoms with Crippen LogP contribution < -0.4 is 10.1 Å². The predicted molar refractivity (Wildman–Crippen MR) is 73.7 cm³/mol. The molecule has 1 heterocycles. The predicted octanol–water partition coefficient (Wildman–Crippen LogP) is 2.74. The standard InChI is InChI=1S/C12H13BrN4O/c1-3-18-12-16-10(15-11(14-2)17-12)8-4-6-9(13)7-5-8/h4-7H,3H2,1-2H3,(H,14,15,16,17). The Morgan fingerprint density at radius 1 is 1.17 bits per heavy atom. The number of rotatable bonds is 4. The smallest absolute Gasteiger partial charge is 0.321 e. The van der Waals surface area contributed by atoms with Crippen LogP contribution in [-0.4, -0.2) is 28.6 Å². The van der Waals surface area contributed by atoms with Gasteiger partial charge in [-0.2, -0.15) is 15.0 Å². The fraction of sp³-hybridized carbons (Fsp3) is 0.250. The first kappa shape index (κ1) is 12.8. The van der Waals surface area contributed by atoms with E-state index in [0.29, 0.717) is 24.4 Å². The summed E-state index contributed by atoms with van der Waals surface area (Å²) >= 11 is 3.40. The Morgan fingerprint density at radius 3 is 2.50 bits per heavy atom. The lowest BCUT2D eigenvalue weighted by Gasteiger charge is -2.06. The van der Waals surface area contributed by atoms with Crippen LogP contribution in [0.5, 0.6) is 6.01 Å². The summed E-state index contributed by atoms with van der Waals surface area (Å²) in [5.41, 5.74) is 0.915. The molecule has 0 aliphatic carbocycles. The van der Waals surface area contributed by atoms with Crippen molar-refractivity contribution in [2.24, 2.45) is 0 Å². The van der Waals surface area contributed by atoms with Crippen LogP contribution >= 0.6 is 15.9 Å². The molecule has 6 heteroatoms. The molecule has 0 saturated carbocycles. The molecule has 2 rings (SSSR count). The van der Waals surface area contributed by atoms with Crippen molar-refractivity contribution >= 4 is 21.9 Å². The van der Waals surface area contributed by atoms with E-state index in [2.05, 4.69) is 36.2 Å². The number of hydrogen-bond donors (Lipinski definition) is 1. The van der Waals surface area contributed by atoms with E-state index in [0.717, 1.165) is 10.0 Å². The van der Waals surface area contributed by atoms with Crippen molar-refractivity contribution < 1.29 is 4.74 Å². The van der Waals surface area contributed by atoms with E-state index in [1.807, 2.05) is 31.2 Å². The molecular weight excluding hydrogens is 296 g/mol. The van der Waals surface area contributed by atoms with Gasteiger partial charge >= 0.3 is 6.01 Å². The second-order valence-electron chi connectivity index (χ2n) is 3.46. The maximum Gasteiger partial charge on any atom is 0.321 e. The molecule has 0 atom stereocenters. The number of nitrogens with zero attached hydrogens (tertiary/aromatic N) is 3. The van der Waals surface area contributed by atoms with E-state index in [1.165, 1.54) is 0 Å². The van der Waals surface area contributed by atoms with Crippen molar-refractivity contribution in [3.63, 3.8) is 0 Å². The third kappa shape index (κ3) is 2.95. The summed E-state index contributed by atoms with van der Waals surface area (Å²) in [7, 11) is 1.76. The van der Waals surface area contributed by atoms with Gasteiger partial charge in [-0.05, 0) is 19.1 Å². The molecule has 5 nitrogen and oxygen atoms in total. The molecule has 0 fully saturated rings. The van der Waals surface area contributed by atoms with Crippen molar-refractivity contribution in [2.75, 3.05) is 19.0 Å². The van der Waals surface area contributed by atoms with E-state index in [1.54, 1.807) is 7.05 Å². The van der Waals surface area contributed by atoms with Crippen LogP contribution in [-0.2, 0) is 0 Å². The summed E-state index contributed by atoms with van der Waals surface area (Å²) in [6.45, 7) is 2.41. The highest BCUT2D eigenvalue weighted by molar-refractivity contribution is 9.10. The lowest BCUT2D eigenvalue weighted by molar-refractivity contribution is 0.312. The van der Waals surface area contributed by atoms with Crippen molar-refractivity contribution in [1.29, 1.82) is 0 Å². The maximum atomic E-state index is 5.32. The first-order valence-corrected chi connectivity index (χ1v) is 6.34. The molecule has 94 valence electrons. The Balaban J connectivity index is 2.42. The molecule has 1 aromatic carbocycles. The van der Waals surface area contributed by atoms with E-state index < -0.39 is 0 Å². The molecule has 0 aliphatic heterocycles. The van der Waals surface area contributed by atoms with Gasteiger partial charge in [-0.25, -0.2) is 0 Å². The fourth-order valence-electron chi connectivity index (χ4n) is 1.39. The zero-order valence-corrected chi connectivity index (χ0v) is 11.7. The highest BCUT2D eigenvalue weighted by Gasteiger charge is 2.08. The molecule has 0 amide bonds. The number of ether oxygens (including phenoxy) is 1. The lowest BCUT2D eigenvalue weighted by Crippen LogP contribution is -2.05. The molecule has 0 spiro atoms. The van der Waals surface area contributed by atoms with Gasteiger partial charge in [-0.1, -0.05) is 28.1 Å².